The van der Waals surface area contributed by atoms with E-state index in [1.54, 1.807) is 0 Å². The number of aromatic nitrogens is 1. The quantitative estimate of drug-likeness (QED) is 0.458. The number of carboxylic acid groups (broad SMARTS) is 1. The Hall–Kier alpha value is -1.60. The first kappa shape index (κ1) is 13.5. The Labute approximate surface area is 105 Å². The molecule has 2 atom stereocenters. The molecule has 1 aromatic heterocycles. The molecule has 0 aliphatic carbocycles. The molecule has 0 bridgehead atoms. The van der Waals surface area contributed by atoms with Crippen molar-refractivity contribution in [2.45, 2.75) is 6.04 Å². The third-order valence-corrected chi connectivity index (χ3v) is 2.54. The van der Waals surface area contributed by atoms with E-state index in [0.29, 0.717) is 4.47 Å². The van der Waals surface area contributed by atoms with Gasteiger partial charge >= 0.3 is 5.97 Å². The van der Waals surface area contributed by atoms with Crippen molar-refractivity contribution in [3.8, 4) is 0 Å². The molecule has 0 saturated carbocycles. The summed E-state index contributed by atoms with van der Waals surface area (Å²) in [5.74, 6) is -3.48. The molecule has 17 heavy (non-hydrogen) atoms. The second-order valence-electron chi connectivity index (χ2n) is 3.28. The number of carbonyl (C=O) groups is 3. The first-order valence-corrected chi connectivity index (χ1v) is 5.35. The van der Waals surface area contributed by atoms with Crippen molar-refractivity contribution >= 4 is 34.0 Å². The number of aliphatic carboxylic acids is 1. The molecular formula is C10H9BrN2O4. The van der Waals surface area contributed by atoms with Gasteiger partial charge in [-0.15, -0.1) is 0 Å². The normalized spacial score (nSPS) is 13.8. The van der Waals surface area contributed by atoms with Crippen LogP contribution in [0.1, 0.15) is 10.4 Å². The van der Waals surface area contributed by atoms with Gasteiger partial charge in [0.1, 0.15) is 18.2 Å². The number of hydrogen-bond donors (Lipinski definition) is 2. The number of carbonyl (C=O) groups excluding carboxylic acids is 2. The summed E-state index contributed by atoms with van der Waals surface area (Å²) in [6.07, 6.45) is 2.95. The highest BCUT2D eigenvalue weighted by molar-refractivity contribution is 9.10. The number of rotatable bonds is 5. The number of halogens is 1. The maximum Gasteiger partial charge on any atom is 0.321 e. The molecule has 90 valence electrons. The molecule has 0 aliphatic heterocycles. The van der Waals surface area contributed by atoms with Crippen molar-refractivity contribution in [3.63, 3.8) is 0 Å². The van der Waals surface area contributed by atoms with Gasteiger partial charge in [0, 0.05) is 22.4 Å². The fourth-order valence-corrected chi connectivity index (χ4v) is 1.57. The Morgan fingerprint density at radius 3 is 2.59 bits per heavy atom. The zero-order chi connectivity index (χ0) is 13.0. The van der Waals surface area contributed by atoms with Crippen LogP contribution >= 0.6 is 15.9 Å². The molecule has 1 aromatic rings. The summed E-state index contributed by atoms with van der Waals surface area (Å²) < 4.78 is 0.553. The molecule has 0 amide bonds. The van der Waals surface area contributed by atoms with Gasteiger partial charge in [-0.25, -0.2) is 0 Å². The minimum absolute atomic E-state index is 0.133. The molecule has 0 aliphatic rings. The van der Waals surface area contributed by atoms with Crippen LogP contribution in [0, 0.1) is 5.92 Å². The van der Waals surface area contributed by atoms with Gasteiger partial charge in [-0.1, -0.05) is 0 Å². The average Bonchev–Trinajstić information content (AvgIpc) is 2.29. The Morgan fingerprint density at radius 1 is 1.47 bits per heavy atom. The van der Waals surface area contributed by atoms with E-state index in [0.717, 1.165) is 0 Å². The zero-order valence-electron chi connectivity index (χ0n) is 8.54. The standard InChI is InChI=1S/C10H9BrN2O4/c11-6-1-5(2-13-3-6)9(15)7(4-14)8(12)10(16)17/h1-4,7-8H,12H2,(H,16,17). The molecule has 3 N–H and O–H groups in total. The summed E-state index contributed by atoms with van der Waals surface area (Å²) in [5, 5.41) is 8.67. The summed E-state index contributed by atoms with van der Waals surface area (Å²) in [4.78, 5) is 37.0. The molecule has 0 fully saturated rings. The molecule has 1 rings (SSSR count). The van der Waals surface area contributed by atoms with E-state index in [1.165, 1.54) is 18.5 Å². The van der Waals surface area contributed by atoms with Crippen LogP contribution in [-0.2, 0) is 9.59 Å². The largest absolute Gasteiger partial charge is 0.480 e. The number of carboxylic acids is 1. The number of ketones is 1. The Bertz CT molecular complexity index is 463. The van der Waals surface area contributed by atoms with Crippen molar-refractivity contribution in [3.05, 3.63) is 28.5 Å². The van der Waals surface area contributed by atoms with Crippen LogP contribution in [0.25, 0.3) is 0 Å². The maximum atomic E-state index is 11.8. The van der Waals surface area contributed by atoms with Crippen molar-refractivity contribution in [1.82, 2.24) is 4.98 Å². The third-order valence-electron chi connectivity index (χ3n) is 2.11. The number of nitrogens with zero attached hydrogens (tertiary/aromatic N) is 1. The first-order chi connectivity index (χ1) is 7.97. The lowest BCUT2D eigenvalue weighted by Gasteiger charge is -2.13. The van der Waals surface area contributed by atoms with Crippen LogP contribution in [0.15, 0.2) is 22.9 Å². The second-order valence-corrected chi connectivity index (χ2v) is 4.20. The van der Waals surface area contributed by atoms with Crippen LogP contribution in [-0.4, -0.2) is 34.2 Å². The maximum absolute atomic E-state index is 11.8. The summed E-state index contributed by atoms with van der Waals surface area (Å²) >= 11 is 3.12. The number of pyridine rings is 1. The highest BCUT2D eigenvalue weighted by Gasteiger charge is 2.31. The molecule has 7 heteroatoms. The van der Waals surface area contributed by atoms with Gasteiger partial charge < -0.3 is 15.6 Å². The van der Waals surface area contributed by atoms with Gasteiger partial charge in [-0.2, -0.15) is 0 Å². The van der Waals surface area contributed by atoms with Crippen LogP contribution in [0.5, 0.6) is 0 Å². The summed E-state index contributed by atoms with van der Waals surface area (Å²) in [7, 11) is 0. The predicted molar refractivity (Wildman–Crippen MR) is 61.4 cm³/mol. The molecule has 0 spiro atoms. The fourth-order valence-electron chi connectivity index (χ4n) is 1.20. The molecular weight excluding hydrogens is 292 g/mol. The van der Waals surface area contributed by atoms with Crippen molar-refractivity contribution < 1.29 is 19.5 Å². The monoisotopic (exact) mass is 300 g/mol. The van der Waals surface area contributed by atoms with E-state index in [9.17, 15) is 14.4 Å². The van der Waals surface area contributed by atoms with Crippen LogP contribution in [0.3, 0.4) is 0 Å². The topological polar surface area (TPSA) is 110 Å². The minimum atomic E-state index is -1.56. The summed E-state index contributed by atoms with van der Waals surface area (Å²) in [5.41, 5.74) is 5.40. The second kappa shape index (κ2) is 5.65. The molecule has 6 nitrogen and oxygen atoms in total. The number of Topliss-reactive ketones (excluding diaryl/α,β-unsaturated/α-hetero) is 1. The Morgan fingerprint density at radius 2 is 2.12 bits per heavy atom. The zero-order valence-corrected chi connectivity index (χ0v) is 10.1. The van der Waals surface area contributed by atoms with Gasteiger partial charge in [0.2, 0.25) is 0 Å². The fraction of sp³-hybridized carbons (Fsp3) is 0.200. The minimum Gasteiger partial charge on any atom is -0.480 e. The smallest absolute Gasteiger partial charge is 0.321 e. The van der Waals surface area contributed by atoms with Crippen LogP contribution in [0.2, 0.25) is 0 Å². The van der Waals surface area contributed by atoms with Crippen molar-refractivity contribution in [2.75, 3.05) is 0 Å². The van der Waals surface area contributed by atoms with Gasteiger partial charge in [-0.05, 0) is 22.0 Å². The molecule has 1 heterocycles. The first-order valence-electron chi connectivity index (χ1n) is 4.55. The van der Waals surface area contributed by atoms with Gasteiger partial charge in [-0.3, -0.25) is 14.6 Å². The van der Waals surface area contributed by atoms with E-state index in [2.05, 4.69) is 20.9 Å². The lowest BCUT2D eigenvalue weighted by molar-refractivity contribution is -0.140. The van der Waals surface area contributed by atoms with E-state index in [-0.39, 0.29) is 11.8 Å². The SMILES string of the molecule is NC(C(=O)O)C(C=O)C(=O)c1cncc(Br)c1. The average molecular weight is 301 g/mol. The third kappa shape index (κ3) is 3.18. The summed E-state index contributed by atoms with van der Waals surface area (Å²) in [6.45, 7) is 0. The number of aldehydes is 1. The predicted octanol–water partition coefficient (Wildman–Crippen LogP) is 0.254. The van der Waals surface area contributed by atoms with Crippen molar-refractivity contribution in [1.29, 1.82) is 0 Å². The van der Waals surface area contributed by atoms with Gasteiger partial charge in [0.25, 0.3) is 0 Å². The lowest BCUT2D eigenvalue weighted by Crippen LogP contribution is -2.42. The van der Waals surface area contributed by atoms with Gasteiger partial charge in [0.15, 0.2) is 5.78 Å². The van der Waals surface area contributed by atoms with Crippen LogP contribution < -0.4 is 5.73 Å². The van der Waals surface area contributed by atoms with Gasteiger partial charge in [0.05, 0.1) is 0 Å². The molecule has 0 saturated heterocycles. The van der Waals surface area contributed by atoms with E-state index < -0.39 is 23.7 Å². The van der Waals surface area contributed by atoms with Crippen molar-refractivity contribution in [2.24, 2.45) is 11.7 Å². The van der Waals surface area contributed by atoms with E-state index in [4.69, 9.17) is 10.8 Å². The lowest BCUT2D eigenvalue weighted by atomic mass is 9.93. The van der Waals surface area contributed by atoms with Crippen LogP contribution in [0.4, 0.5) is 0 Å². The molecule has 0 aromatic carbocycles. The number of hydrogen-bond acceptors (Lipinski definition) is 5. The van der Waals surface area contributed by atoms with E-state index in [1.807, 2.05) is 0 Å². The highest BCUT2D eigenvalue weighted by atomic mass is 79.9. The molecule has 2 unspecified atom stereocenters. The highest BCUT2D eigenvalue weighted by Crippen LogP contribution is 2.14. The Kier molecular flexibility index (Phi) is 4.47. The Balaban J connectivity index is 3.02. The number of nitrogens with two attached hydrogens (primary N) is 1. The van der Waals surface area contributed by atoms with E-state index >= 15 is 0 Å². The molecule has 0 radical (unpaired) electrons. The summed E-state index contributed by atoms with van der Waals surface area (Å²) in [6, 6.07) is -0.112.